The fourth-order valence-electron chi connectivity index (χ4n) is 1.71. The van der Waals surface area contributed by atoms with Crippen molar-refractivity contribution in [2.45, 2.75) is 33.2 Å². The van der Waals surface area contributed by atoms with Crippen molar-refractivity contribution in [1.29, 1.82) is 0 Å². The van der Waals surface area contributed by atoms with E-state index in [1.165, 1.54) is 13.5 Å². The summed E-state index contributed by atoms with van der Waals surface area (Å²) in [7, 11) is 1.48. The van der Waals surface area contributed by atoms with E-state index >= 15 is 0 Å². The number of nitrogens with one attached hydrogen (secondary N) is 1. The lowest BCUT2D eigenvalue weighted by molar-refractivity contribution is 0.383. The maximum Gasteiger partial charge on any atom is 0.169 e. The van der Waals surface area contributed by atoms with Crippen molar-refractivity contribution < 1.29 is 9.13 Å². The molecule has 0 spiro atoms. The highest BCUT2D eigenvalue weighted by Gasteiger charge is 2.07. The van der Waals surface area contributed by atoms with Crippen LogP contribution in [-0.2, 0) is 6.54 Å². The monoisotopic (exact) mass is 239 g/mol. The van der Waals surface area contributed by atoms with Crippen LogP contribution in [0.5, 0.6) is 5.75 Å². The number of halogens is 1. The molecule has 0 atom stereocenters. The van der Waals surface area contributed by atoms with Gasteiger partial charge in [-0.2, -0.15) is 0 Å². The molecule has 17 heavy (non-hydrogen) atoms. The summed E-state index contributed by atoms with van der Waals surface area (Å²) >= 11 is 0. The molecule has 0 aliphatic heterocycles. The Hall–Kier alpha value is -1.09. The minimum absolute atomic E-state index is 0.258. The summed E-state index contributed by atoms with van der Waals surface area (Å²) in [5.41, 5.74) is 0.661. The number of methoxy groups -OCH3 is 1. The predicted octanol–water partition coefficient (Wildman–Crippen LogP) is 3.36. The second kappa shape index (κ2) is 7.28. The molecule has 0 aliphatic rings. The summed E-state index contributed by atoms with van der Waals surface area (Å²) in [6.45, 7) is 5.90. The summed E-state index contributed by atoms with van der Waals surface area (Å²) in [4.78, 5) is 0. The Morgan fingerprint density at radius 3 is 2.76 bits per heavy atom. The minimum atomic E-state index is -0.258. The average Bonchev–Trinajstić information content (AvgIpc) is 2.30. The summed E-state index contributed by atoms with van der Waals surface area (Å²) in [6.07, 6.45) is 2.33. The van der Waals surface area contributed by atoms with E-state index in [2.05, 4.69) is 19.2 Å². The van der Waals surface area contributed by atoms with Crippen LogP contribution in [0.1, 0.15) is 32.3 Å². The van der Waals surface area contributed by atoms with Gasteiger partial charge in [0, 0.05) is 12.1 Å². The molecule has 1 N–H and O–H groups in total. The molecule has 0 bridgehead atoms. The van der Waals surface area contributed by atoms with Gasteiger partial charge >= 0.3 is 0 Å². The van der Waals surface area contributed by atoms with E-state index in [-0.39, 0.29) is 5.82 Å². The molecule has 0 amide bonds. The Balaban J connectivity index is 2.36. The van der Waals surface area contributed by atoms with Crippen LogP contribution in [-0.4, -0.2) is 13.7 Å². The smallest absolute Gasteiger partial charge is 0.169 e. The molecule has 0 saturated heterocycles. The lowest BCUT2D eigenvalue weighted by Crippen LogP contribution is -2.16. The summed E-state index contributed by atoms with van der Waals surface area (Å²) < 4.78 is 18.7. The van der Waals surface area contributed by atoms with Crippen LogP contribution >= 0.6 is 0 Å². The van der Waals surface area contributed by atoms with Crippen molar-refractivity contribution in [3.05, 3.63) is 29.6 Å². The molecule has 96 valence electrons. The van der Waals surface area contributed by atoms with E-state index in [9.17, 15) is 4.39 Å². The molecular formula is C14H22FNO. The highest BCUT2D eigenvalue weighted by Crippen LogP contribution is 2.19. The van der Waals surface area contributed by atoms with Gasteiger partial charge in [-0.05, 0) is 31.4 Å². The van der Waals surface area contributed by atoms with Crippen LogP contribution < -0.4 is 10.1 Å². The lowest BCUT2D eigenvalue weighted by Gasteiger charge is -2.09. The second-order valence-electron chi connectivity index (χ2n) is 4.65. The molecule has 0 radical (unpaired) electrons. The largest absolute Gasteiger partial charge is 0.494 e. The standard InChI is InChI=1S/C14H22FNO/c1-11(2)6-5-9-16-10-12-7-4-8-13(17-3)14(12)15/h4,7-8,11,16H,5-6,9-10H2,1-3H3. The molecular weight excluding hydrogens is 217 g/mol. The number of ether oxygens (including phenoxy) is 1. The van der Waals surface area contributed by atoms with E-state index < -0.39 is 0 Å². The van der Waals surface area contributed by atoms with Gasteiger partial charge in [-0.25, -0.2) is 4.39 Å². The van der Waals surface area contributed by atoms with Crippen LogP contribution in [0.2, 0.25) is 0 Å². The molecule has 0 saturated carbocycles. The third kappa shape index (κ3) is 4.73. The normalized spacial score (nSPS) is 10.9. The first-order chi connectivity index (χ1) is 8.15. The highest BCUT2D eigenvalue weighted by molar-refractivity contribution is 5.30. The summed E-state index contributed by atoms with van der Waals surface area (Å²) in [5, 5.41) is 3.25. The Morgan fingerprint density at radius 1 is 1.35 bits per heavy atom. The zero-order valence-electron chi connectivity index (χ0n) is 10.9. The van der Waals surface area contributed by atoms with Crippen LogP contribution in [0, 0.1) is 11.7 Å². The SMILES string of the molecule is COc1cccc(CNCCCC(C)C)c1F. The van der Waals surface area contributed by atoms with Gasteiger partial charge in [0.2, 0.25) is 0 Å². The summed E-state index contributed by atoms with van der Waals surface area (Å²) in [6, 6.07) is 5.23. The first kappa shape index (κ1) is 14.0. The van der Waals surface area contributed by atoms with E-state index in [4.69, 9.17) is 4.74 Å². The Bertz CT molecular complexity index is 339. The van der Waals surface area contributed by atoms with Crippen LogP contribution in [0.25, 0.3) is 0 Å². The molecule has 1 aromatic carbocycles. The van der Waals surface area contributed by atoms with Gasteiger partial charge in [0.25, 0.3) is 0 Å². The van der Waals surface area contributed by atoms with Gasteiger partial charge in [-0.3, -0.25) is 0 Å². The molecule has 1 rings (SSSR count). The molecule has 0 unspecified atom stereocenters. The van der Waals surface area contributed by atoms with Gasteiger partial charge < -0.3 is 10.1 Å². The lowest BCUT2D eigenvalue weighted by atomic mass is 10.1. The van der Waals surface area contributed by atoms with E-state index in [0.717, 1.165) is 18.9 Å². The fraction of sp³-hybridized carbons (Fsp3) is 0.571. The molecule has 1 aromatic rings. The molecule has 0 fully saturated rings. The van der Waals surface area contributed by atoms with Crippen molar-refractivity contribution in [1.82, 2.24) is 5.32 Å². The van der Waals surface area contributed by atoms with Gasteiger partial charge in [0.05, 0.1) is 7.11 Å². The first-order valence-corrected chi connectivity index (χ1v) is 6.17. The summed E-state index contributed by atoms with van der Waals surface area (Å²) in [5.74, 6) is 0.781. The van der Waals surface area contributed by atoms with Crippen molar-refractivity contribution >= 4 is 0 Å². The van der Waals surface area contributed by atoms with Crippen molar-refractivity contribution in [3.63, 3.8) is 0 Å². The Morgan fingerprint density at radius 2 is 2.12 bits per heavy atom. The Labute approximate surface area is 103 Å². The second-order valence-corrected chi connectivity index (χ2v) is 4.65. The van der Waals surface area contributed by atoms with Crippen molar-refractivity contribution in [3.8, 4) is 5.75 Å². The third-order valence-electron chi connectivity index (χ3n) is 2.71. The minimum Gasteiger partial charge on any atom is -0.494 e. The van der Waals surface area contributed by atoms with Gasteiger partial charge in [-0.15, -0.1) is 0 Å². The number of rotatable bonds is 7. The zero-order chi connectivity index (χ0) is 12.7. The molecule has 0 aliphatic carbocycles. The van der Waals surface area contributed by atoms with Crippen molar-refractivity contribution in [2.24, 2.45) is 5.92 Å². The van der Waals surface area contributed by atoms with E-state index in [1.807, 2.05) is 6.07 Å². The van der Waals surface area contributed by atoms with Gasteiger partial charge in [-0.1, -0.05) is 26.0 Å². The van der Waals surface area contributed by atoms with E-state index in [1.54, 1.807) is 12.1 Å². The van der Waals surface area contributed by atoms with Crippen LogP contribution in [0.4, 0.5) is 4.39 Å². The molecule has 2 nitrogen and oxygen atoms in total. The van der Waals surface area contributed by atoms with E-state index in [0.29, 0.717) is 17.9 Å². The quantitative estimate of drug-likeness (QED) is 0.737. The fourth-order valence-corrected chi connectivity index (χ4v) is 1.71. The number of benzene rings is 1. The van der Waals surface area contributed by atoms with Crippen molar-refractivity contribution in [2.75, 3.05) is 13.7 Å². The number of hydrogen-bond donors (Lipinski definition) is 1. The predicted molar refractivity (Wildman–Crippen MR) is 68.7 cm³/mol. The number of hydrogen-bond acceptors (Lipinski definition) is 2. The van der Waals surface area contributed by atoms with Gasteiger partial charge in [0.1, 0.15) is 0 Å². The topological polar surface area (TPSA) is 21.3 Å². The first-order valence-electron chi connectivity index (χ1n) is 6.17. The maximum absolute atomic E-state index is 13.7. The Kier molecular flexibility index (Phi) is 5.98. The third-order valence-corrected chi connectivity index (χ3v) is 2.71. The van der Waals surface area contributed by atoms with Crippen LogP contribution in [0.3, 0.4) is 0 Å². The highest BCUT2D eigenvalue weighted by atomic mass is 19.1. The molecule has 3 heteroatoms. The maximum atomic E-state index is 13.7. The average molecular weight is 239 g/mol. The van der Waals surface area contributed by atoms with Gasteiger partial charge in [0.15, 0.2) is 11.6 Å². The molecule has 0 aromatic heterocycles. The molecule has 0 heterocycles. The zero-order valence-corrected chi connectivity index (χ0v) is 10.9. The van der Waals surface area contributed by atoms with Crippen LogP contribution in [0.15, 0.2) is 18.2 Å².